The van der Waals surface area contributed by atoms with E-state index in [1.807, 2.05) is 25.1 Å². The molecule has 0 radical (unpaired) electrons. The number of ether oxygens (including phenoxy) is 3. The highest BCUT2D eigenvalue weighted by atomic mass is 19.1. The standard InChI is InChI=1S/C18H18FNO4/c1-12(13-2-7-16-17(10-13)24-11-23-16)20-18(21)8-9-22-15-5-3-14(19)4-6-15/h2-7,10,12H,8-9,11H2,1H3,(H,20,21). The molecule has 3 rings (SSSR count). The van der Waals surface area contributed by atoms with Gasteiger partial charge in [0.1, 0.15) is 11.6 Å². The van der Waals surface area contributed by atoms with Gasteiger partial charge < -0.3 is 19.5 Å². The van der Waals surface area contributed by atoms with Gasteiger partial charge in [-0.15, -0.1) is 0 Å². The first-order chi connectivity index (χ1) is 11.6. The second-order valence-electron chi connectivity index (χ2n) is 5.45. The maximum Gasteiger partial charge on any atom is 0.231 e. The van der Waals surface area contributed by atoms with Crippen molar-refractivity contribution in [3.63, 3.8) is 0 Å². The van der Waals surface area contributed by atoms with Crippen LogP contribution in [0.15, 0.2) is 42.5 Å². The summed E-state index contributed by atoms with van der Waals surface area (Å²) in [5, 5.41) is 2.91. The van der Waals surface area contributed by atoms with Crippen LogP contribution in [0.1, 0.15) is 24.9 Å². The van der Waals surface area contributed by atoms with Gasteiger partial charge in [-0.2, -0.15) is 0 Å². The minimum Gasteiger partial charge on any atom is -0.493 e. The van der Waals surface area contributed by atoms with Crippen molar-refractivity contribution in [2.24, 2.45) is 0 Å². The van der Waals surface area contributed by atoms with Gasteiger partial charge in [0.2, 0.25) is 12.7 Å². The predicted octanol–water partition coefficient (Wildman–Crippen LogP) is 3.20. The van der Waals surface area contributed by atoms with Crippen molar-refractivity contribution in [3.8, 4) is 17.2 Å². The molecule has 1 heterocycles. The number of benzene rings is 2. The van der Waals surface area contributed by atoms with Crippen LogP contribution in [0.3, 0.4) is 0 Å². The molecule has 126 valence electrons. The Morgan fingerprint density at radius 3 is 2.75 bits per heavy atom. The summed E-state index contributed by atoms with van der Waals surface area (Å²) >= 11 is 0. The van der Waals surface area contributed by atoms with E-state index in [9.17, 15) is 9.18 Å². The fraction of sp³-hybridized carbons (Fsp3) is 0.278. The first-order valence-corrected chi connectivity index (χ1v) is 7.69. The lowest BCUT2D eigenvalue weighted by atomic mass is 10.1. The van der Waals surface area contributed by atoms with E-state index in [0.29, 0.717) is 17.2 Å². The topological polar surface area (TPSA) is 56.8 Å². The summed E-state index contributed by atoms with van der Waals surface area (Å²) in [5.41, 5.74) is 0.937. The molecule has 1 aliphatic rings. The number of carbonyl (C=O) groups is 1. The lowest BCUT2D eigenvalue weighted by Gasteiger charge is -2.15. The molecule has 2 aromatic carbocycles. The fourth-order valence-electron chi connectivity index (χ4n) is 2.37. The van der Waals surface area contributed by atoms with Gasteiger partial charge in [0.25, 0.3) is 0 Å². The van der Waals surface area contributed by atoms with Gasteiger partial charge in [-0.3, -0.25) is 4.79 Å². The van der Waals surface area contributed by atoms with Gasteiger partial charge in [-0.05, 0) is 48.9 Å². The van der Waals surface area contributed by atoms with Gasteiger partial charge in [-0.1, -0.05) is 6.07 Å². The van der Waals surface area contributed by atoms with Crippen LogP contribution in [0.25, 0.3) is 0 Å². The van der Waals surface area contributed by atoms with Gasteiger partial charge in [0.05, 0.1) is 19.1 Å². The molecule has 24 heavy (non-hydrogen) atoms. The molecule has 5 nitrogen and oxygen atoms in total. The smallest absolute Gasteiger partial charge is 0.231 e. The third-order valence-electron chi connectivity index (χ3n) is 3.69. The van der Waals surface area contributed by atoms with E-state index in [1.165, 1.54) is 24.3 Å². The molecular formula is C18H18FNO4. The minimum absolute atomic E-state index is 0.123. The molecule has 1 amide bonds. The van der Waals surface area contributed by atoms with Crippen molar-refractivity contribution in [3.05, 3.63) is 53.8 Å². The third kappa shape index (κ3) is 3.95. The summed E-state index contributed by atoms with van der Waals surface area (Å²) < 4.78 is 28.8. The molecule has 0 aliphatic carbocycles. The lowest BCUT2D eigenvalue weighted by molar-refractivity contribution is -0.122. The zero-order valence-electron chi connectivity index (χ0n) is 13.3. The molecule has 1 unspecified atom stereocenters. The van der Waals surface area contributed by atoms with Crippen molar-refractivity contribution >= 4 is 5.91 Å². The van der Waals surface area contributed by atoms with E-state index in [2.05, 4.69) is 5.32 Å². The highest BCUT2D eigenvalue weighted by Crippen LogP contribution is 2.34. The quantitative estimate of drug-likeness (QED) is 0.883. The predicted molar refractivity (Wildman–Crippen MR) is 85.6 cm³/mol. The molecule has 0 spiro atoms. The largest absolute Gasteiger partial charge is 0.493 e. The Hall–Kier alpha value is -2.76. The first kappa shape index (κ1) is 16.1. The van der Waals surface area contributed by atoms with Gasteiger partial charge >= 0.3 is 0 Å². The van der Waals surface area contributed by atoms with Crippen LogP contribution in [-0.4, -0.2) is 19.3 Å². The maximum absolute atomic E-state index is 12.8. The van der Waals surface area contributed by atoms with Crippen LogP contribution in [0, 0.1) is 5.82 Å². The van der Waals surface area contributed by atoms with E-state index in [0.717, 1.165) is 5.56 Å². The van der Waals surface area contributed by atoms with Crippen molar-refractivity contribution in [2.45, 2.75) is 19.4 Å². The SMILES string of the molecule is CC(NC(=O)CCOc1ccc(F)cc1)c1ccc2c(c1)OCO2. The fourth-order valence-corrected chi connectivity index (χ4v) is 2.37. The van der Waals surface area contributed by atoms with Crippen LogP contribution in [0.5, 0.6) is 17.2 Å². The van der Waals surface area contributed by atoms with E-state index in [-0.39, 0.29) is 37.6 Å². The van der Waals surface area contributed by atoms with Gasteiger partial charge in [0.15, 0.2) is 11.5 Å². The minimum atomic E-state index is -0.322. The van der Waals surface area contributed by atoms with Crippen LogP contribution in [0.4, 0.5) is 4.39 Å². The van der Waals surface area contributed by atoms with Gasteiger partial charge in [-0.25, -0.2) is 4.39 Å². The Morgan fingerprint density at radius 2 is 1.96 bits per heavy atom. The number of halogens is 1. The molecule has 0 fully saturated rings. The lowest BCUT2D eigenvalue weighted by Crippen LogP contribution is -2.27. The van der Waals surface area contributed by atoms with E-state index in [4.69, 9.17) is 14.2 Å². The summed E-state index contributed by atoms with van der Waals surface area (Å²) in [6.45, 7) is 2.35. The molecule has 2 aromatic rings. The molecule has 1 aliphatic heterocycles. The number of carbonyl (C=O) groups excluding carboxylic acids is 1. The number of hydrogen-bond donors (Lipinski definition) is 1. The Bertz CT molecular complexity index is 717. The Labute approximate surface area is 139 Å². The summed E-state index contributed by atoms with van der Waals surface area (Å²) in [7, 11) is 0. The number of fused-ring (bicyclic) bond motifs is 1. The average Bonchev–Trinajstić information content (AvgIpc) is 3.04. The maximum atomic E-state index is 12.8. The highest BCUT2D eigenvalue weighted by molar-refractivity contribution is 5.76. The second kappa shape index (κ2) is 7.21. The molecule has 0 bridgehead atoms. The first-order valence-electron chi connectivity index (χ1n) is 7.69. The molecule has 0 aromatic heterocycles. The van der Waals surface area contributed by atoms with E-state index in [1.54, 1.807) is 0 Å². The third-order valence-corrected chi connectivity index (χ3v) is 3.69. The van der Waals surface area contributed by atoms with E-state index >= 15 is 0 Å². The number of hydrogen-bond acceptors (Lipinski definition) is 4. The summed E-state index contributed by atoms with van der Waals surface area (Å²) in [6.07, 6.45) is 0.215. The van der Waals surface area contributed by atoms with Crippen molar-refractivity contribution in [1.29, 1.82) is 0 Å². The van der Waals surface area contributed by atoms with Crippen LogP contribution in [-0.2, 0) is 4.79 Å². The number of rotatable bonds is 6. The average molecular weight is 331 g/mol. The summed E-state index contributed by atoms with van der Waals surface area (Å²) in [5.74, 6) is 1.49. The molecule has 1 atom stereocenters. The van der Waals surface area contributed by atoms with E-state index < -0.39 is 0 Å². The molecular weight excluding hydrogens is 313 g/mol. The summed E-state index contributed by atoms with van der Waals surface area (Å²) in [4.78, 5) is 12.0. The molecule has 0 saturated heterocycles. The zero-order valence-corrected chi connectivity index (χ0v) is 13.3. The molecule has 0 saturated carbocycles. The molecule has 1 N–H and O–H groups in total. The number of nitrogens with one attached hydrogen (secondary N) is 1. The monoisotopic (exact) mass is 331 g/mol. The Kier molecular flexibility index (Phi) is 4.84. The number of amides is 1. The second-order valence-corrected chi connectivity index (χ2v) is 5.45. The Balaban J connectivity index is 1.46. The Morgan fingerprint density at radius 1 is 1.21 bits per heavy atom. The summed E-state index contributed by atoms with van der Waals surface area (Å²) in [6, 6.07) is 11.1. The van der Waals surface area contributed by atoms with Crippen LogP contribution < -0.4 is 19.5 Å². The van der Waals surface area contributed by atoms with Crippen molar-refractivity contribution < 1.29 is 23.4 Å². The van der Waals surface area contributed by atoms with Crippen LogP contribution >= 0.6 is 0 Å². The zero-order chi connectivity index (χ0) is 16.9. The van der Waals surface area contributed by atoms with Crippen molar-refractivity contribution in [1.82, 2.24) is 5.32 Å². The normalized spacial score (nSPS) is 13.4. The van der Waals surface area contributed by atoms with Crippen LogP contribution in [0.2, 0.25) is 0 Å². The molecule has 6 heteroatoms. The highest BCUT2D eigenvalue weighted by Gasteiger charge is 2.16. The van der Waals surface area contributed by atoms with Crippen molar-refractivity contribution in [2.75, 3.05) is 13.4 Å². The van der Waals surface area contributed by atoms with Gasteiger partial charge in [0, 0.05) is 0 Å².